The average molecular weight is 544 g/mol. The molecule has 3 aromatic rings. The van der Waals surface area contributed by atoms with Crippen molar-refractivity contribution in [3.63, 3.8) is 0 Å². The van der Waals surface area contributed by atoms with Gasteiger partial charge in [0.05, 0.1) is 5.75 Å². The van der Waals surface area contributed by atoms with Crippen LogP contribution in [0, 0.1) is 6.92 Å². The first-order valence-corrected chi connectivity index (χ1v) is 14.0. The summed E-state index contributed by atoms with van der Waals surface area (Å²) in [6.45, 7) is 4.95. The highest BCUT2D eigenvalue weighted by Gasteiger charge is 2.30. The van der Waals surface area contributed by atoms with Crippen molar-refractivity contribution in [1.29, 1.82) is 0 Å². The van der Waals surface area contributed by atoms with Crippen LogP contribution in [-0.2, 0) is 28.3 Å². The van der Waals surface area contributed by atoms with Crippen molar-refractivity contribution in [2.45, 2.75) is 45.0 Å². The molecule has 1 N–H and O–H groups in total. The molecule has 2 amide bonds. The van der Waals surface area contributed by atoms with Crippen molar-refractivity contribution in [3.05, 3.63) is 105 Å². The van der Waals surface area contributed by atoms with E-state index in [1.54, 1.807) is 23.1 Å². The van der Waals surface area contributed by atoms with Crippen molar-refractivity contribution in [1.82, 2.24) is 10.2 Å². The van der Waals surface area contributed by atoms with Gasteiger partial charge < -0.3 is 10.2 Å². The summed E-state index contributed by atoms with van der Waals surface area (Å²) in [6, 6.07) is 22.6. The van der Waals surface area contributed by atoms with E-state index >= 15 is 0 Å². The second-order valence-corrected chi connectivity index (χ2v) is 10.5. The lowest BCUT2D eigenvalue weighted by molar-refractivity contribution is -0.139. The van der Waals surface area contributed by atoms with Gasteiger partial charge in [0, 0.05) is 35.3 Å². The lowest BCUT2D eigenvalue weighted by Crippen LogP contribution is -2.51. The zero-order valence-electron chi connectivity index (χ0n) is 20.7. The normalized spacial score (nSPS) is 11.7. The third-order valence-corrected chi connectivity index (χ3v) is 7.44. The quantitative estimate of drug-likeness (QED) is 0.277. The second kappa shape index (κ2) is 14.3. The van der Waals surface area contributed by atoms with Gasteiger partial charge in [-0.25, -0.2) is 0 Å². The summed E-state index contributed by atoms with van der Waals surface area (Å²) in [7, 11) is 0. The standard InChI is InChI=1S/C29H32Cl2N2O2S/c1-3-15-32-29(35)27(17-22-10-5-4-6-11-22)33(18-23-12-7-9-21(2)16-23)28(34)20-36-19-24-25(30)13-8-14-26(24)31/h4-14,16,27H,3,15,17-20H2,1-2H3,(H,32,35). The number of nitrogens with one attached hydrogen (secondary N) is 1. The fourth-order valence-electron chi connectivity index (χ4n) is 3.92. The topological polar surface area (TPSA) is 49.4 Å². The van der Waals surface area contributed by atoms with E-state index in [-0.39, 0.29) is 17.6 Å². The highest BCUT2D eigenvalue weighted by molar-refractivity contribution is 7.99. The molecular weight excluding hydrogens is 511 g/mol. The van der Waals surface area contributed by atoms with Crippen molar-refractivity contribution in [3.8, 4) is 0 Å². The number of hydrogen-bond acceptors (Lipinski definition) is 3. The van der Waals surface area contributed by atoms with Crippen LogP contribution in [0.2, 0.25) is 10.0 Å². The highest BCUT2D eigenvalue weighted by atomic mass is 35.5. The van der Waals surface area contributed by atoms with Gasteiger partial charge >= 0.3 is 0 Å². The molecule has 4 nitrogen and oxygen atoms in total. The van der Waals surface area contributed by atoms with E-state index in [2.05, 4.69) is 11.4 Å². The summed E-state index contributed by atoms with van der Waals surface area (Å²) in [5.74, 6) is 0.478. The lowest BCUT2D eigenvalue weighted by atomic mass is 10.0. The van der Waals surface area contributed by atoms with Gasteiger partial charge in [-0.05, 0) is 42.2 Å². The molecule has 0 aliphatic heterocycles. The van der Waals surface area contributed by atoms with Crippen LogP contribution in [0.1, 0.15) is 35.6 Å². The summed E-state index contributed by atoms with van der Waals surface area (Å²) in [4.78, 5) is 28.7. The van der Waals surface area contributed by atoms with Crippen molar-refractivity contribution < 1.29 is 9.59 Å². The monoisotopic (exact) mass is 542 g/mol. The minimum absolute atomic E-state index is 0.0998. The predicted molar refractivity (Wildman–Crippen MR) is 152 cm³/mol. The van der Waals surface area contributed by atoms with Gasteiger partial charge in [0.2, 0.25) is 11.8 Å². The lowest BCUT2D eigenvalue weighted by Gasteiger charge is -2.31. The largest absolute Gasteiger partial charge is 0.354 e. The first-order valence-electron chi connectivity index (χ1n) is 12.1. The zero-order valence-corrected chi connectivity index (χ0v) is 23.0. The van der Waals surface area contributed by atoms with E-state index in [1.807, 2.05) is 62.4 Å². The Balaban J connectivity index is 1.85. The molecule has 3 aromatic carbocycles. The van der Waals surface area contributed by atoms with E-state index in [4.69, 9.17) is 23.2 Å². The third kappa shape index (κ3) is 8.29. The molecule has 0 spiro atoms. The number of amides is 2. The molecule has 0 radical (unpaired) electrons. The molecule has 0 saturated carbocycles. The Bertz CT molecular complexity index is 1140. The van der Waals surface area contributed by atoms with Crippen LogP contribution < -0.4 is 5.32 Å². The second-order valence-electron chi connectivity index (χ2n) is 8.70. The number of aryl methyl sites for hydroxylation is 1. The average Bonchev–Trinajstić information content (AvgIpc) is 2.87. The number of benzene rings is 3. The van der Waals surface area contributed by atoms with Crippen LogP contribution in [0.4, 0.5) is 0 Å². The molecule has 1 unspecified atom stereocenters. The summed E-state index contributed by atoms with van der Waals surface area (Å²) in [5, 5.41) is 4.17. The number of carbonyl (C=O) groups is 2. The van der Waals surface area contributed by atoms with Gasteiger partial charge in [0.15, 0.2) is 0 Å². The Morgan fingerprint density at radius 3 is 2.28 bits per heavy atom. The summed E-state index contributed by atoms with van der Waals surface area (Å²) >= 11 is 14.1. The molecule has 0 aliphatic carbocycles. The Hall–Kier alpha value is -2.47. The van der Waals surface area contributed by atoms with Crippen LogP contribution in [-0.4, -0.2) is 35.1 Å². The summed E-state index contributed by atoms with van der Waals surface area (Å²) in [6.07, 6.45) is 1.26. The number of rotatable bonds is 12. The molecule has 0 heterocycles. The molecule has 0 saturated heterocycles. The fraction of sp³-hybridized carbons (Fsp3) is 0.310. The van der Waals surface area contributed by atoms with Gasteiger partial charge in [0.25, 0.3) is 0 Å². The molecule has 7 heteroatoms. The molecule has 0 fully saturated rings. The molecule has 190 valence electrons. The smallest absolute Gasteiger partial charge is 0.243 e. The van der Waals surface area contributed by atoms with Crippen LogP contribution in [0.3, 0.4) is 0 Å². The van der Waals surface area contributed by atoms with Crippen molar-refractivity contribution >= 4 is 46.8 Å². The SMILES string of the molecule is CCCNC(=O)C(Cc1ccccc1)N(Cc1cccc(C)c1)C(=O)CSCc1c(Cl)cccc1Cl. The number of halogens is 2. The van der Waals surface area contributed by atoms with Crippen LogP contribution >= 0.6 is 35.0 Å². The number of hydrogen-bond donors (Lipinski definition) is 1. The first kappa shape index (κ1) is 28.1. The zero-order chi connectivity index (χ0) is 25.9. The van der Waals surface area contributed by atoms with Gasteiger partial charge in [-0.1, -0.05) is 96.4 Å². The molecule has 36 heavy (non-hydrogen) atoms. The van der Waals surface area contributed by atoms with Gasteiger partial charge in [-0.3, -0.25) is 9.59 Å². The Labute approximate surface area is 228 Å². The van der Waals surface area contributed by atoms with Crippen LogP contribution in [0.15, 0.2) is 72.8 Å². The van der Waals surface area contributed by atoms with Crippen molar-refractivity contribution in [2.24, 2.45) is 0 Å². The molecule has 0 aromatic heterocycles. The van der Waals surface area contributed by atoms with E-state index in [0.717, 1.165) is 28.7 Å². The Kier molecular flexibility index (Phi) is 11.2. The highest BCUT2D eigenvalue weighted by Crippen LogP contribution is 2.28. The van der Waals surface area contributed by atoms with Gasteiger partial charge in [-0.2, -0.15) is 0 Å². The number of nitrogens with zero attached hydrogens (tertiary/aromatic N) is 1. The summed E-state index contributed by atoms with van der Waals surface area (Å²) in [5.41, 5.74) is 3.92. The maximum atomic E-state index is 13.7. The predicted octanol–water partition coefficient (Wildman–Crippen LogP) is 6.70. The van der Waals surface area contributed by atoms with E-state index in [9.17, 15) is 9.59 Å². The van der Waals surface area contributed by atoms with Crippen LogP contribution in [0.5, 0.6) is 0 Å². The molecule has 1 atom stereocenters. The van der Waals surface area contributed by atoms with E-state index < -0.39 is 6.04 Å². The minimum atomic E-state index is -0.628. The number of carbonyl (C=O) groups excluding carboxylic acids is 2. The first-order chi connectivity index (χ1) is 17.4. The number of thioether (sulfide) groups is 1. The minimum Gasteiger partial charge on any atom is -0.354 e. The molecule has 0 bridgehead atoms. The van der Waals surface area contributed by atoms with Crippen molar-refractivity contribution in [2.75, 3.05) is 12.3 Å². The van der Waals surface area contributed by atoms with Crippen LogP contribution in [0.25, 0.3) is 0 Å². The summed E-state index contributed by atoms with van der Waals surface area (Å²) < 4.78 is 0. The van der Waals surface area contributed by atoms with Gasteiger partial charge in [0.1, 0.15) is 6.04 Å². The van der Waals surface area contributed by atoms with E-state index in [0.29, 0.717) is 35.3 Å². The maximum absolute atomic E-state index is 13.7. The van der Waals surface area contributed by atoms with Gasteiger partial charge in [-0.15, -0.1) is 11.8 Å². The maximum Gasteiger partial charge on any atom is 0.243 e. The molecule has 3 rings (SSSR count). The van der Waals surface area contributed by atoms with E-state index in [1.165, 1.54) is 11.8 Å². The molecule has 0 aliphatic rings. The Morgan fingerprint density at radius 2 is 1.61 bits per heavy atom. The molecular formula is C29H32Cl2N2O2S. The Morgan fingerprint density at radius 1 is 0.944 bits per heavy atom. The fourth-order valence-corrected chi connectivity index (χ4v) is 5.57. The third-order valence-electron chi connectivity index (χ3n) is 5.79.